The average Bonchev–Trinajstić information content (AvgIpc) is 2.68. The Morgan fingerprint density at radius 2 is 1.60 bits per heavy atom. The van der Waals surface area contributed by atoms with Crippen LogP contribution in [-0.4, -0.2) is 54.5 Å². The first-order valence-electron chi connectivity index (χ1n) is 11.0. The van der Waals surface area contributed by atoms with E-state index in [9.17, 15) is 4.79 Å². The van der Waals surface area contributed by atoms with E-state index in [1.54, 1.807) is 0 Å². The smallest absolute Gasteiger partial charge is 0.251 e. The predicted molar refractivity (Wildman–Crippen MR) is 139 cm³/mol. The summed E-state index contributed by atoms with van der Waals surface area (Å²) < 4.78 is 0. The predicted octanol–water partition coefficient (Wildman–Crippen LogP) is 4.01. The van der Waals surface area contributed by atoms with Crippen LogP contribution in [0.15, 0.2) is 29.3 Å². The van der Waals surface area contributed by atoms with Crippen molar-refractivity contribution in [2.75, 3.05) is 19.6 Å². The molecule has 1 atom stereocenters. The molecular weight excluding hydrogens is 489 g/mol. The van der Waals surface area contributed by atoms with Crippen LogP contribution in [0.2, 0.25) is 0 Å². The van der Waals surface area contributed by atoms with Crippen molar-refractivity contribution in [1.82, 2.24) is 20.9 Å². The molecule has 30 heavy (non-hydrogen) atoms. The Hall–Kier alpha value is -1.35. The molecule has 1 aromatic rings. The maximum Gasteiger partial charge on any atom is 0.251 e. The molecule has 0 bridgehead atoms. The molecule has 0 aliphatic heterocycles. The Labute approximate surface area is 200 Å². The third-order valence-electron chi connectivity index (χ3n) is 4.96. The number of benzene rings is 1. The van der Waals surface area contributed by atoms with Gasteiger partial charge in [0, 0.05) is 43.3 Å². The fourth-order valence-corrected chi connectivity index (χ4v) is 3.10. The van der Waals surface area contributed by atoms with Gasteiger partial charge in [-0.25, -0.2) is 4.99 Å². The summed E-state index contributed by atoms with van der Waals surface area (Å²) in [6.45, 7) is 18.3. The second-order valence-corrected chi connectivity index (χ2v) is 8.03. The van der Waals surface area contributed by atoms with E-state index in [0.29, 0.717) is 24.2 Å². The van der Waals surface area contributed by atoms with Crippen molar-refractivity contribution in [1.29, 1.82) is 0 Å². The summed E-state index contributed by atoms with van der Waals surface area (Å²) in [6.07, 6.45) is 0.921. The number of aliphatic imine (C=N–C) groups is 1. The fraction of sp³-hybridized carbons (Fsp3) is 0.652. The molecule has 0 spiro atoms. The summed E-state index contributed by atoms with van der Waals surface area (Å²) >= 11 is 0. The Balaban J connectivity index is 0.00000841. The number of nitrogens with one attached hydrogen (secondary N) is 3. The van der Waals surface area contributed by atoms with E-state index in [1.807, 2.05) is 31.2 Å². The zero-order valence-electron chi connectivity index (χ0n) is 19.8. The van der Waals surface area contributed by atoms with Crippen LogP contribution >= 0.6 is 24.0 Å². The van der Waals surface area contributed by atoms with Gasteiger partial charge in [0.1, 0.15) is 0 Å². The van der Waals surface area contributed by atoms with Gasteiger partial charge in [-0.2, -0.15) is 0 Å². The van der Waals surface area contributed by atoms with Crippen LogP contribution in [0.4, 0.5) is 0 Å². The lowest BCUT2D eigenvalue weighted by molar-refractivity contribution is 0.0939. The van der Waals surface area contributed by atoms with Crippen molar-refractivity contribution in [3.8, 4) is 0 Å². The first-order valence-corrected chi connectivity index (χ1v) is 11.0. The number of guanidine groups is 1. The van der Waals surface area contributed by atoms with Crippen LogP contribution < -0.4 is 16.0 Å². The van der Waals surface area contributed by atoms with E-state index >= 15 is 0 Å². The number of carbonyl (C=O) groups is 1. The molecule has 1 aromatic carbocycles. The van der Waals surface area contributed by atoms with E-state index in [2.05, 4.69) is 67.4 Å². The van der Waals surface area contributed by atoms with Gasteiger partial charge >= 0.3 is 0 Å². The molecule has 1 amide bonds. The summed E-state index contributed by atoms with van der Waals surface area (Å²) in [4.78, 5) is 19.3. The highest BCUT2D eigenvalue weighted by Gasteiger charge is 2.12. The molecule has 0 heterocycles. The molecule has 1 unspecified atom stereocenters. The lowest BCUT2D eigenvalue weighted by Gasteiger charge is -2.30. The van der Waals surface area contributed by atoms with Crippen molar-refractivity contribution in [2.24, 2.45) is 4.99 Å². The maximum absolute atomic E-state index is 12.2. The Morgan fingerprint density at radius 1 is 1.00 bits per heavy atom. The van der Waals surface area contributed by atoms with Gasteiger partial charge in [0.05, 0.1) is 6.54 Å². The second kappa shape index (κ2) is 15.5. The van der Waals surface area contributed by atoms with Crippen LogP contribution in [-0.2, 0) is 6.54 Å². The number of rotatable bonds is 11. The molecule has 0 aliphatic carbocycles. The minimum absolute atomic E-state index is 0. The van der Waals surface area contributed by atoms with Gasteiger partial charge in [0.25, 0.3) is 5.91 Å². The van der Waals surface area contributed by atoms with Gasteiger partial charge in [0.2, 0.25) is 0 Å². The van der Waals surface area contributed by atoms with Crippen molar-refractivity contribution in [3.05, 3.63) is 35.4 Å². The van der Waals surface area contributed by atoms with Crippen LogP contribution in [0.1, 0.15) is 70.8 Å². The number of carbonyl (C=O) groups excluding carboxylic acids is 1. The topological polar surface area (TPSA) is 68.8 Å². The maximum atomic E-state index is 12.2. The number of hydrogen-bond acceptors (Lipinski definition) is 3. The number of hydrogen-bond donors (Lipinski definition) is 3. The number of halogens is 1. The molecule has 172 valence electrons. The van der Waals surface area contributed by atoms with Crippen molar-refractivity contribution in [2.45, 2.75) is 79.6 Å². The van der Waals surface area contributed by atoms with Gasteiger partial charge in [-0.3, -0.25) is 9.69 Å². The summed E-state index contributed by atoms with van der Waals surface area (Å²) in [5.41, 5.74) is 1.76. The molecule has 0 radical (unpaired) electrons. The highest BCUT2D eigenvalue weighted by atomic mass is 127. The molecule has 0 saturated heterocycles. The zero-order chi connectivity index (χ0) is 21.8. The largest absolute Gasteiger partial charge is 0.357 e. The first-order chi connectivity index (χ1) is 13.8. The molecule has 0 aliphatic rings. The Kier molecular flexibility index (Phi) is 14.8. The lowest BCUT2D eigenvalue weighted by atomic mass is 10.1. The van der Waals surface area contributed by atoms with Crippen LogP contribution in [0.5, 0.6) is 0 Å². The molecule has 3 N–H and O–H groups in total. The monoisotopic (exact) mass is 531 g/mol. The Bertz CT molecular complexity index is 623. The summed E-state index contributed by atoms with van der Waals surface area (Å²) in [5.74, 6) is 0.794. The normalized spacial score (nSPS) is 12.7. The third kappa shape index (κ3) is 10.6. The summed E-state index contributed by atoms with van der Waals surface area (Å²) in [6, 6.07) is 8.90. The Morgan fingerprint density at radius 3 is 2.10 bits per heavy atom. The SMILES string of the molecule is CCNC(=NCc1ccc(C(=O)NC(C)CC)cc1)NCCN(C(C)C)C(C)C.I. The van der Waals surface area contributed by atoms with Crippen LogP contribution in [0.25, 0.3) is 0 Å². The fourth-order valence-electron chi connectivity index (χ4n) is 3.10. The van der Waals surface area contributed by atoms with E-state index < -0.39 is 0 Å². The molecule has 0 aromatic heterocycles. The van der Waals surface area contributed by atoms with Gasteiger partial charge in [-0.15, -0.1) is 24.0 Å². The second-order valence-electron chi connectivity index (χ2n) is 8.03. The van der Waals surface area contributed by atoms with E-state index in [1.165, 1.54) is 0 Å². The third-order valence-corrected chi connectivity index (χ3v) is 4.96. The van der Waals surface area contributed by atoms with Gasteiger partial charge in [-0.05, 0) is 65.7 Å². The highest BCUT2D eigenvalue weighted by molar-refractivity contribution is 14.0. The quantitative estimate of drug-likeness (QED) is 0.229. The van der Waals surface area contributed by atoms with Gasteiger partial charge in [-0.1, -0.05) is 19.1 Å². The summed E-state index contributed by atoms with van der Waals surface area (Å²) in [5, 5.41) is 9.71. The zero-order valence-corrected chi connectivity index (χ0v) is 22.1. The minimum Gasteiger partial charge on any atom is -0.357 e. The molecule has 1 rings (SSSR count). The molecular formula is C23H42IN5O. The van der Waals surface area contributed by atoms with Crippen LogP contribution in [0.3, 0.4) is 0 Å². The molecule has 7 heteroatoms. The minimum atomic E-state index is -0.0238. The van der Waals surface area contributed by atoms with Crippen molar-refractivity contribution >= 4 is 35.8 Å². The molecule has 0 saturated carbocycles. The van der Waals surface area contributed by atoms with Gasteiger partial charge < -0.3 is 16.0 Å². The van der Waals surface area contributed by atoms with Crippen LogP contribution in [0, 0.1) is 0 Å². The van der Waals surface area contributed by atoms with E-state index in [4.69, 9.17) is 0 Å². The first kappa shape index (κ1) is 28.6. The van der Waals surface area contributed by atoms with Crippen molar-refractivity contribution < 1.29 is 4.79 Å². The highest BCUT2D eigenvalue weighted by Crippen LogP contribution is 2.07. The number of amides is 1. The van der Waals surface area contributed by atoms with E-state index in [0.717, 1.165) is 37.6 Å². The lowest BCUT2D eigenvalue weighted by Crippen LogP contribution is -2.45. The standard InChI is InChI=1S/C23H41N5O.HI/c1-8-19(7)27-22(29)21-12-10-20(11-13-21)16-26-23(24-9-2)25-14-15-28(17(3)4)18(5)6;/h10-13,17-19H,8-9,14-16H2,1-7H3,(H,27,29)(H2,24,25,26);1H. The summed E-state index contributed by atoms with van der Waals surface area (Å²) in [7, 11) is 0. The average molecular weight is 532 g/mol. The van der Waals surface area contributed by atoms with Crippen molar-refractivity contribution in [3.63, 3.8) is 0 Å². The molecule has 0 fully saturated rings. The van der Waals surface area contributed by atoms with E-state index in [-0.39, 0.29) is 35.9 Å². The number of nitrogens with zero attached hydrogens (tertiary/aromatic N) is 2. The molecule has 6 nitrogen and oxygen atoms in total. The van der Waals surface area contributed by atoms with Gasteiger partial charge in [0.15, 0.2) is 5.96 Å².